The molecule has 3 nitrogen and oxygen atoms in total. The number of nitrogens with zero attached hydrogens (tertiary/aromatic N) is 3. The van der Waals surface area contributed by atoms with E-state index in [-0.39, 0.29) is 5.41 Å². The molecule has 342 valence electrons. The molecule has 0 spiro atoms. The van der Waals surface area contributed by atoms with Gasteiger partial charge in [0, 0.05) is 61.6 Å². The van der Waals surface area contributed by atoms with E-state index in [1.54, 1.807) is 0 Å². The van der Waals surface area contributed by atoms with E-state index in [4.69, 9.17) is 0 Å². The zero-order chi connectivity index (χ0) is 48.2. The minimum absolute atomic E-state index is 0.142. The van der Waals surface area contributed by atoms with Gasteiger partial charge in [-0.3, -0.25) is 0 Å². The molecule has 0 bridgehead atoms. The zero-order valence-electron chi connectivity index (χ0n) is 40.3. The molecule has 0 aliphatic heterocycles. The van der Waals surface area contributed by atoms with E-state index >= 15 is 0 Å². The Labute approximate surface area is 421 Å². The Kier molecular flexibility index (Phi) is 10.5. The van der Waals surface area contributed by atoms with Crippen molar-refractivity contribution in [1.29, 1.82) is 0 Å². The van der Waals surface area contributed by atoms with Gasteiger partial charge in [0.05, 0.1) is 11.2 Å². The molecule has 0 saturated carbocycles. The standard InChI is InChI=1S/C69H51N3/c1-69(2)64-34-19-18-31-60(64)61-44-43-57(47-65(61)69)71(56-41-39-55(40-42-56)70(51-25-12-5-13-26-51)52-27-14-6-15-28-52)54-37-35-48(36-38-54)58-32-20-33-62-59(58)45-46-63-66(49-21-8-3-9-22-49)67(50-23-10-4-11-24-50)72(68(62)63)53-29-16-7-17-30-53/h3-47H,1-2H3. The minimum atomic E-state index is -0.142. The Hall–Kier alpha value is -9.18. The van der Waals surface area contributed by atoms with Crippen LogP contribution < -0.4 is 9.80 Å². The molecule has 1 aliphatic carbocycles. The molecule has 1 aliphatic rings. The predicted octanol–water partition coefficient (Wildman–Crippen LogP) is 19.0. The Balaban J connectivity index is 0.957. The van der Waals surface area contributed by atoms with Crippen molar-refractivity contribution in [2.45, 2.75) is 19.3 Å². The Bertz CT molecular complexity index is 3860. The van der Waals surface area contributed by atoms with Crippen LogP contribution in [0.4, 0.5) is 34.1 Å². The summed E-state index contributed by atoms with van der Waals surface area (Å²) in [5, 5.41) is 3.64. The molecule has 0 amide bonds. The summed E-state index contributed by atoms with van der Waals surface area (Å²) < 4.78 is 2.49. The van der Waals surface area contributed by atoms with Crippen LogP contribution in [0.5, 0.6) is 0 Å². The maximum atomic E-state index is 2.49. The number of benzene rings is 11. The average molecular weight is 922 g/mol. The van der Waals surface area contributed by atoms with Gasteiger partial charge in [-0.2, -0.15) is 0 Å². The first-order chi connectivity index (χ1) is 35.5. The van der Waals surface area contributed by atoms with Crippen molar-refractivity contribution >= 4 is 55.8 Å². The molecule has 0 atom stereocenters. The van der Waals surface area contributed by atoms with E-state index in [2.05, 4.69) is 301 Å². The highest BCUT2D eigenvalue weighted by atomic mass is 15.2. The summed E-state index contributed by atoms with van der Waals surface area (Å²) in [5.74, 6) is 0. The molecule has 0 radical (unpaired) electrons. The molecule has 12 aromatic rings. The molecular weight excluding hydrogens is 871 g/mol. The van der Waals surface area contributed by atoms with Gasteiger partial charge in [0.25, 0.3) is 0 Å². The highest BCUT2D eigenvalue weighted by Gasteiger charge is 2.36. The zero-order valence-corrected chi connectivity index (χ0v) is 40.3. The topological polar surface area (TPSA) is 11.4 Å². The normalized spacial score (nSPS) is 12.4. The molecule has 0 saturated heterocycles. The number of aromatic nitrogens is 1. The fourth-order valence-electron chi connectivity index (χ4n) is 11.4. The molecule has 13 rings (SSSR count). The van der Waals surface area contributed by atoms with Crippen LogP contribution in [0.2, 0.25) is 0 Å². The Morgan fingerprint density at radius 3 is 1.39 bits per heavy atom. The van der Waals surface area contributed by atoms with Gasteiger partial charge >= 0.3 is 0 Å². The lowest BCUT2D eigenvalue weighted by Gasteiger charge is -2.29. The van der Waals surface area contributed by atoms with Crippen LogP contribution in [0.25, 0.3) is 72.0 Å². The average Bonchev–Trinajstić information content (AvgIpc) is 3.92. The van der Waals surface area contributed by atoms with Crippen LogP contribution in [0.1, 0.15) is 25.0 Å². The van der Waals surface area contributed by atoms with E-state index in [1.807, 2.05) is 0 Å². The molecule has 11 aromatic carbocycles. The van der Waals surface area contributed by atoms with Crippen LogP contribution in [-0.2, 0) is 5.41 Å². The van der Waals surface area contributed by atoms with Crippen molar-refractivity contribution in [3.63, 3.8) is 0 Å². The molecule has 0 N–H and O–H groups in total. The third kappa shape index (κ3) is 7.20. The molecule has 1 aromatic heterocycles. The Morgan fingerprint density at radius 2 is 0.764 bits per heavy atom. The van der Waals surface area contributed by atoms with Gasteiger partial charge in [0.1, 0.15) is 0 Å². The molecule has 1 heterocycles. The van der Waals surface area contributed by atoms with Crippen LogP contribution in [0.15, 0.2) is 273 Å². The maximum Gasteiger partial charge on any atom is 0.0620 e. The summed E-state index contributed by atoms with van der Waals surface area (Å²) in [5.41, 5.74) is 21.3. The first-order valence-electron chi connectivity index (χ1n) is 24.9. The lowest BCUT2D eigenvalue weighted by Crippen LogP contribution is -2.16. The summed E-state index contributed by atoms with van der Waals surface area (Å²) in [4.78, 5) is 4.73. The Morgan fingerprint density at radius 1 is 0.306 bits per heavy atom. The third-order valence-electron chi connectivity index (χ3n) is 14.8. The van der Waals surface area contributed by atoms with Gasteiger partial charge < -0.3 is 14.4 Å². The first-order valence-corrected chi connectivity index (χ1v) is 24.9. The van der Waals surface area contributed by atoms with Gasteiger partial charge in [-0.25, -0.2) is 0 Å². The molecule has 3 heteroatoms. The van der Waals surface area contributed by atoms with Gasteiger partial charge in [-0.1, -0.05) is 202 Å². The summed E-state index contributed by atoms with van der Waals surface area (Å²) >= 11 is 0. The van der Waals surface area contributed by atoms with Gasteiger partial charge in [-0.15, -0.1) is 0 Å². The quantitative estimate of drug-likeness (QED) is 0.135. The number of anilines is 6. The van der Waals surface area contributed by atoms with E-state index in [1.165, 1.54) is 71.9 Å². The van der Waals surface area contributed by atoms with Gasteiger partial charge in [-0.05, 0) is 135 Å². The molecular formula is C69H51N3. The monoisotopic (exact) mass is 921 g/mol. The van der Waals surface area contributed by atoms with Crippen molar-refractivity contribution in [3.8, 4) is 50.3 Å². The van der Waals surface area contributed by atoms with E-state index < -0.39 is 0 Å². The second-order valence-electron chi connectivity index (χ2n) is 19.3. The number of fused-ring (bicyclic) bond motifs is 6. The second-order valence-corrected chi connectivity index (χ2v) is 19.3. The fraction of sp³-hybridized carbons (Fsp3) is 0.0435. The minimum Gasteiger partial charge on any atom is -0.311 e. The SMILES string of the molecule is CC1(C)c2ccccc2-c2ccc(N(c3ccc(-c4cccc5c4ccc4c(-c6ccccc6)c(-c6ccccc6)n(-c6ccccc6)c45)cc3)c3ccc(N(c4ccccc4)c4ccccc4)cc3)cc21. The van der Waals surface area contributed by atoms with Crippen LogP contribution in [0, 0.1) is 0 Å². The van der Waals surface area contributed by atoms with Crippen LogP contribution in [-0.4, -0.2) is 4.57 Å². The van der Waals surface area contributed by atoms with Crippen molar-refractivity contribution in [2.24, 2.45) is 0 Å². The van der Waals surface area contributed by atoms with Crippen molar-refractivity contribution in [2.75, 3.05) is 9.80 Å². The second kappa shape index (κ2) is 17.7. The molecule has 0 fully saturated rings. The van der Waals surface area contributed by atoms with Crippen molar-refractivity contribution < 1.29 is 0 Å². The number of hydrogen-bond donors (Lipinski definition) is 0. The summed E-state index contributed by atoms with van der Waals surface area (Å²) in [6.07, 6.45) is 0. The molecule has 0 unspecified atom stereocenters. The lowest BCUT2D eigenvalue weighted by atomic mass is 9.82. The van der Waals surface area contributed by atoms with Crippen LogP contribution in [0.3, 0.4) is 0 Å². The fourth-order valence-corrected chi connectivity index (χ4v) is 11.4. The van der Waals surface area contributed by atoms with E-state index in [0.717, 1.165) is 45.4 Å². The van der Waals surface area contributed by atoms with Gasteiger partial charge in [0.15, 0.2) is 0 Å². The van der Waals surface area contributed by atoms with E-state index in [0.29, 0.717) is 0 Å². The largest absolute Gasteiger partial charge is 0.311 e. The summed E-state index contributed by atoms with van der Waals surface area (Å²) in [6, 6.07) is 99.4. The molecule has 72 heavy (non-hydrogen) atoms. The maximum absolute atomic E-state index is 2.49. The third-order valence-corrected chi connectivity index (χ3v) is 14.8. The number of para-hydroxylation sites is 3. The van der Waals surface area contributed by atoms with E-state index in [9.17, 15) is 0 Å². The first kappa shape index (κ1) is 42.9. The highest BCUT2D eigenvalue weighted by Crippen LogP contribution is 2.51. The smallest absolute Gasteiger partial charge is 0.0620 e. The van der Waals surface area contributed by atoms with Gasteiger partial charge in [0.2, 0.25) is 0 Å². The number of hydrogen-bond acceptors (Lipinski definition) is 2. The summed E-state index contributed by atoms with van der Waals surface area (Å²) in [7, 11) is 0. The van der Waals surface area contributed by atoms with Crippen molar-refractivity contribution in [1.82, 2.24) is 4.57 Å². The lowest BCUT2D eigenvalue weighted by molar-refractivity contribution is 0.660. The van der Waals surface area contributed by atoms with Crippen molar-refractivity contribution in [3.05, 3.63) is 284 Å². The van der Waals surface area contributed by atoms with Crippen LogP contribution >= 0.6 is 0 Å². The predicted molar refractivity (Wildman–Crippen MR) is 304 cm³/mol. The number of rotatable bonds is 10. The highest BCUT2D eigenvalue weighted by molar-refractivity contribution is 6.18. The summed E-state index contributed by atoms with van der Waals surface area (Å²) in [6.45, 7) is 4.72.